The summed E-state index contributed by atoms with van der Waals surface area (Å²) < 4.78 is 2.41. The van der Waals surface area contributed by atoms with Crippen molar-refractivity contribution in [1.82, 2.24) is 4.57 Å². The maximum absolute atomic E-state index is 2.49. The van der Waals surface area contributed by atoms with E-state index < -0.39 is 5.41 Å². The second-order valence-corrected chi connectivity index (χ2v) is 18.4. The minimum atomic E-state index is -0.558. The van der Waals surface area contributed by atoms with Crippen LogP contribution in [-0.2, 0) is 5.41 Å². The molecule has 2 aliphatic carbocycles. The van der Waals surface area contributed by atoms with Crippen LogP contribution in [0.1, 0.15) is 22.3 Å². The lowest BCUT2D eigenvalue weighted by atomic mass is 9.70. The Kier molecular flexibility index (Phi) is 9.11. The first-order valence-electron chi connectivity index (χ1n) is 24.2. The molecule has 0 saturated heterocycles. The van der Waals surface area contributed by atoms with E-state index >= 15 is 0 Å². The van der Waals surface area contributed by atoms with Gasteiger partial charge in [0.25, 0.3) is 0 Å². The van der Waals surface area contributed by atoms with Gasteiger partial charge in [-0.3, -0.25) is 0 Å². The minimum absolute atomic E-state index is 0.558. The molecular weight excluding hydrogens is 847 g/mol. The van der Waals surface area contributed by atoms with E-state index in [2.05, 4.69) is 287 Å². The Labute approximate surface area is 408 Å². The summed E-state index contributed by atoms with van der Waals surface area (Å²) in [5.41, 5.74) is 22.2. The van der Waals surface area contributed by atoms with Crippen LogP contribution in [0.4, 0.5) is 34.1 Å². The fraction of sp³-hybridized carbons (Fsp3) is 0.0149. The highest BCUT2D eigenvalue weighted by Crippen LogP contribution is 2.64. The van der Waals surface area contributed by atoms with Crippen LogP contribution in [0.2, 0.25) is 0 Å². The third kappa shape index (κ3) is 5.95. The number of benzene rings is 11. The van der Waals surface area contributed by atoms with Crippen LogP contribution in [0.3, 0.4) is 0 Å². The van der Waals surface area contributed by atoms with Gasteiger partial charge in [0.1, 0.15) is 0 Å². The molecule has 1 heterocycles. The largest absolute Gasteiger partial charge is 0.310 e. The molecule has 0 aliphatic heterocycles. The molecule has 0 N–H and O–H groups in total. The first-order chi connectivity index (χ1) is 34.8. The van der Waals surface area contributed by atoms with E-state index in [4.69, 9.17) is 0 Å². The monoisotopic (exact) mass is 891 g/mol. The summed E-state index contributed by atoms with van der Waals surface area (Å²) in [7, 11) is 0. The Morgan fingerprint density at radius 1 is 0.271 bits per heavy atom. The highest BCUT2D eigenvalue weighted by Gasteiger charge is 2.52. The molecule has 0 fully saturated rings. The first-order valence-corrected chi connectivity index (χ1v) is 24.2. The maximum atomic E-state index is 2.49. The van der Waals surface area contributed by atoms with Crippen molar-refractivity contribution >= 4 is 55.9 Å². The highest BCUT2D eigenvalue weighted by molar-refractivity contribution is 6.10. The number of aromatic nitrogens is 1. The molecule has 12 aromatic rings. The Morgan fingerprint density at radius 2 is 0.757 bits per heavy atom. The Morgan fingerprint density at radius 3 is 1.49 bits per heavy atom. The van der Waals surface area contributed by atoms with E-state index in [9.17, 15) is 0 Å². The molecule has 0 bridgehead atoms. The maximum Gasteiger partial charge on any atom is 0.0726 e. The Bertz CT molecular complexity index is 3950. The molecule has 3 nitrogen and oxygen atoms in total. The first kappa shape index (κ1) is 39.9. The number of hydrogen-bond donors (Lipinski definition) is 0. The molecule has 14 rings (SSSR count). The van der Waals surface area contributed by atoms with E-state index in [1.807, 2.05) is 0 Å². The SMILES string of the molecule is c1ccc(-c2ccccc2N(c2ccccc2)c2ccc3c(c2)-c2ccccc2C32c3ccccc3-c3ccc(N(c4ccccc4)c4ccc5c6ccccc6n(-c6ccccc6)c5c4)cc32)cc1. The van der Waals surface area contributed by atoms with Crippen molar-refractivity contribution in [1.29, 1.82) is 0 Å². The topological polar surface area (TPSA) is 11.4 Å². The van der Waals surface area contributed by atoms with Gasteiger partial charge in [-0.05, 0) is 135 Å². The van der Waals surface area contributed by atoms with Gasteiger partial charge in [-0.2, -0.15) is 0 Å². The zero-order valence-electron chi connectivity index (χ0n) is 38.3. The predicted molar refractivity (Wildman–Crippen MR) is 292 cm³/mol. The van der Waals surface area contributed by atoms with E-state index in [1.165, 1.54) is 77.4 Å². The van der Waals surface area contributed by atoms with E-state index in [1.54, 1.807) is 0 Å². The van der Waals surface area contributed by atoms with Gasteiger partial charge in [-0.15, -0.1) is 0 Å². The molecule has 328 valence electrons. The molecule has 70 heavy (non-hydrogen) atoms. The van der Waals surface area contributed by atoms with E-state index in [-0.39, 0.29) is 0 Å². The summed E-state index contributed by atoms with van der Waals surface area (Å²) in [5.74, 6) is 0. The molecular formula is C67H45N3. The van der Waals surface area contributed by atoms with Gasteiger partial charge in [0.15, 0.2) is 0 Å². The van der Waals surface area contributed by atoms with Crippen LogP contribution < -0.4 is 9.80 Å². The molecule has 11 aromatic carbocycles. The zero-order valence-corrected chi connectivity index (χ0v) is 38.3. The lowest BCUT2D eigenvalue weighted by molar-refractivity contribution is 0.793. The van der Waals surface area contributed by atoms with Crippen LogP contribution in [-0.4, -0.2) is 4.57 Å². The summed E-state index contributed by atoms with van der Waals surface area (Å²) in [6, 6.07) is 100. The van der Waals surface area contributed by atoms with Crippen LogP contribution in [0, 0.1) is 0 Å². The van der Waals surface area contributed by atoms with Crippen molar-refractivity contribution in [2.75, 3.05) is 9.80 Å². The minimum Gasteiger partial charge on any atom is -0.310 e. The van der Waals surface area contributed by atoms with E-state index in [0.717, 1.165) is 39.8 Å². The van der Waals surface area contributed by atoms with Crippen LogP contribution in [0.25, 0.3) is 60.9 Å². The molecule has 1 spiro atoms. The van der Waals surface area contributed by atoms with Crippen LogP contribution in [0.15, 0.2) is 273 Å². The molecule has 1 atom stereocenters. The van der Waals surface area contributed by atoms with Crippen molar-refractivity contribution in [2.45, 2.75) is 5.41 Å². The molecule has 1 aromatic heterocycles. The van der Waals surface area contributed by atoms with Crippen molar-refractivity contribution in [3.8, 4) is 39.1 Å². The third-order valence-electron chi connectivity index (χ3n) is 14.8. The van der Waals surface area contributed by atoms with Crippen molar-refractivity contribution in [3.05, 3.63) is 295 Å². The average Bonchev–Trinajstić information content (AvgIpc) is 4.04. The standard InChI is InChI=1S/C67H45N3/c1-5-21-46(22-6-1)53-29-15-19-35-64(53)69(48-25-9-3-10-26-48)50-39-42-62-59(43-50)55-31-14-18-34-61(55)67(62)60-33-17-13-30-54(60)56-40-37-51(44-63(56)67)68(47-23-7-2-8-24-47)52-38-41-58-57-32-16-20-36-65(57)70(66(58)45-52)49-27-11-4-12-28-49/h1-45H. The summed E-state index contributed by atoms with van der Waals surface area (Å²) >= 11 is 0. The summed E-state index contributed by atoms with van der Waals surface area (Å²) in [5, 5.41) is 2.47. The Hall–Kier alpha value is -9.18. The average molecular weight is 892 g/mol. The van der Waals surface area contributed by atoms with Gasteiger partial charge in [0.2, 0.25) is 0 Å². The molecule has 3 heteroatoms. The molecule has 0 saturated carbocycles. The third-order valence-corrected chi connectivity index (χ3v) is 14.8. The second-order valence-electron chi connectivity index (χ2n) is 18.4. The number of para-hydroxylation sites is 5. The molecule has 1 unspecified atom stereocenters. The van der Waals surface area contributed by atoms with E-state index in [0.29, 0.717) is 0 Å². The molecule has 2 aliphatic rings. The lowest BCUT2D eigenvalue weighted by Crippen LogP contribution is -2.26. The molecule has 0 radical (unpaired) electrons. The van der Waals surface area contributed by atoms with Gasteiger partial charge in [-0.1, -0.05) is 188 Å². The Balaban J connectivity index is 0.986. The summed E-state index contributed by atoms with van der Waals surface area (Å²) in [4.78, 5) is 4.87. The van der Waals surface area contributed by atoms with Crippen LogP contribution in [0.5, 0.6) is 0 Å². The van der Waals surface area contributed by atoms with Gasteiger partial charge < -0.3 is 14.4 Å². The van der Waals surface area contributed by atoms with Gasteiger partial charge in [0, 0.05) is 50.5 Å². The quantitative estimate of drug-likeness (QED) is 0.151. The zero-order chi connectivity index (χ0) is 46.2. The number of nitrogens with zero attached hydrogens (tertiary/aromatic N) is 3. The van der Waals surface area contributed by atoms with Crippen LogP contribution >= 0.6 is 0 Å². The van der Waals surface area contributed by atoms with Gasteiger partial charge in [-0.25, -0.2) is 0 Å². The fourth-order valence-electron chi connectivity index (χ4n) is 11.9. The number of fused-ring (bicyclic) bond motifs is 13. The summed E-state index contributed by atoms with van der Waals surface area (Å²) in [6.45, 7) is 0. The van der Waals surface area contributed by atoms with Gasteiger partial charge in [0.05, 0.1) is 22.1 Å². The molecule has 0 amide bonds. The lowest BCUT2D eigenvalue weighted by Gasteiger charge is -2.33. The normalized spacial score (nSPS) is 14.1. The number of rotatable bonds is 8. The fourth-order valence-corrected chi connectivity index (χ4v) is 11.9. The highest BCUT2D eigenvalue weighted by atomic mass is 15.2. The predicted octanol–water partition coefficient (Wildman–Crippen LogP) is 17.7. The smallest absolute Gasteiger partial charge is 0.0726 e. The van der Waals surface area contributed by atoms with Gasteiger partial charge >= 0.3 is 0 Å². The number of anilines is 6. The van der Waals surface area contributed by atoms with Crippen molar-refractivity contribution in [3.63, 3.8) is 0 Å². The second kappa shape index (κ2) is 16.0. The van der Waals surface area contributed by atoms with Crippen molar-refractivity contribution < 1.29 is 0 Å². The number of hydrogen-bond acceptors (Lipinski definition) is 2. The summed E-state index contributed by atoms with van der Waals surface area (Å²) in [6.07, 6.45) is 0. The van der Waals surface area contributed by atoms with Crippen molar-refractivity contribution in [2.24, 2.45) is 0 Å².